The van der Waals surface area contributed by atoms with E-state index in [0.717, 1.165) is 59.3 Å². The summed E-state index contributed by atoms with van der Waals surface area (Å²) >= 11 is 0. The van der Waals surface area contributed by atoms with Gasteiger partial charge in [-0.25, -0.2) is 4.98 Å². The van der Waals surface area contributed by atoms with E-state index in [1.807, 2.05) is 30.2 Å². The van der Waals surface area contributed by atoms with E-state index in [0.29, 0.717) is 5.95 Å². The molecule has 7 nitrogen and oxygen atoms in total. The van der Waals surface area contributed by atoms with E-state index in [1.54, 1.807) is 12.4 Å². The van der Waals surface area contributed by atoms with Crippen molar-refractivity contribution in [3.63, 3.8) is 0 Å². The fourth-order valence-electron chi connectivity index (χ4n) is 5.36. The quantitative estimate of drug-likeness (QED) is 0.589. The summed E-state index contributed by atoms with van der Waals surface area (Å²) in [4.78, 5) is 33.9. The molecule has 4 heterocycles. The molecule has 1 saturated heterocycles. The van der Waals surface area contributed by atoms with Crippen molar-refractivity contribution in [3.8, 4) is 0 Å². The summed E-state index contributed by atoms with van der Waals surface area (Å²) in [6.07, 6.45) is 9.30. The highest BCUT2D eigenvalue weighted by Gasteiger charge is 2.61. The molecule has 0 radical (unpaired) electrons. The monoisotopic (exact) mass is 444 g/mol. The standard InChI is InChI=1S/C24H28N6OSi/c1-15-12-19-20(26-9-8-25-19)13-18(15)28-23-27-14-17-21(29-23)30(22(31)24(17)6-7-24)16-4-10-32(2,3)11-5-16/h8-9,12-14,16H,4-7,10-11H2,1-3H3,(H,27,28,29)/q-1. The van der Waals surface area contributed by atoms with Crippen LogP contribution in [0.2, 0.25) is 25.2 Å². The third-order valence-electron chi connectivity index (χ3n) is 7.63. The lowest BCUT2D eigenvalue weighted by Crippen LogP contribution is -2.46. The lowest BCUT2D eigenvalue weighted by atomic mass is 10.0. The van der Waals surface area contributed by atoms with Gasteiger partial charge in [-0.15, -0.1) is 8.07 Å². The Labute approximate surface area is 188 Å². The second-order valence-corrected chi connectivity index (χ2v) is 15.7. The molecule has 0 atom stereocenters. The molecular formula is C24H28N6OSi-. The Morgan fingerprint density at radius 3 is 2.44 bits per heavy atom. The molecule has 32 heavy (non-hydrogen) atoms. The van der Waals surface area contributed by atoms with E-state index >= 15 is 0 Å². The number of hydrogen-bond acceptors (Lipinski definition) is 6. The topological polar surface area (TPSA) is 83.9 Å². The summed E-state index contributed by atoms with van der Waals surface area (Å²) in [5.41, 5.74) is 4.31. The fraction of sp³-hybridized carbons (Fsp3) is 0.458. The van der Waals surface area contributed by atoms with Crippen LogP contribution < -0.4 is 10.2 Å². The molecule has 3 aromatic rings. The van der Waals surface area contributed by atoms with Crippen LogP contribution in [0.15, 0.2) is 30.7 Å². The first-order valence-corrected chi connectivity index (χ1v) is 15.0. The molecule has 1 saturated carbocycles. The number of benzene rings is 1. The SMILES string of the molecule is Cc1cc2nccnc2cc1Nc1ncc2c(n1)N(C1CC[Si-](C)(C)CC1)C(=O)C21CC1. The van der Waals surface area contributed by atoms with Gasteiger partial charge in [-0.2, -0.15) is 30.2 Å². The van der Waals surface area contributed by atoms with Crippen molar-refractivity contribution in [1.82, 2.24) is 19.9 Å². The summed E-state index contributed by atoms with van der Waals surface area (Å²) in [7, 11) is -1.10. The van der Waals surface area contributed by atoms with E-state index in [2.05, 4.69) is 33.4 Å². The van der Waals surface area contributed by atoms with Crippen LogP contribution in [-0.4, -0.2) is 40.0 Å². The molecule has 1 aliphatic carbocycles. The highest BCUT2D eigenvalue weighted by atomic mass is 28.3. The maximum atomic E-state index is 13.5. The number of aromatic nitrogens is 4. The molecule has 2 aliphatic heterocycles. The Balaban J connectivity index is 1.35. The Hall–Kier alpha value is -2.87. The molecule has 1 aromatic carbocycles. The van der Waals surface area contributed by atoms with Gasteiger partial charge in [0.15, 0.2) is 0 Å². The molecule has 6 rings (SSSR count). The van der Waals surface area contributed by atoms with Gasteiger partial charge in [0, 0.05) is 35.9 Å². The lowest BCUT2D eigenvalue weighted by Gasteiger charge is -2.44. The minimum absolute atomic E-state index is 0.252. The van der Waals surface area contributed by atoms with Gasteiger partial charge in [-0.3, -0.25) is 19.7 Å². The Bertz CT molecular complexity index is 1240. The Kier molecular flexibility index (Phi) is 4.21. The van der Waals surface area contributed by atoms with Gasteiger partial charge in [0.1, 0.15) is 5.82 Å². The van der Waals surface area contributed by atoms with E-state index in [4.69, 9.17) is 4.98 Å². The average Bonchev–Trinajstić information content (AvgIpc) is 3.53. The smallest absolute Gasteiger partial charge is 0.239 e. The number of carbonyl (C=O) groups is 1. The van der Waals surface area contributed by atoms with Crippen molar-refractivity contribution in [3.05, 3.63) is 41.9 Å². The summed E-state index contributed by atoms with van der Waals surface area (Å²) in [5, 5.41) is 3.37. The van der Waals surface area contributed by atoms with Crippen LogP contribution >= 0.6 is 0 Å². The van der Waals surface area contributed by atoms with Crippen LogP contribution in [0, 0.1) is 6.92 Å². The Morgan fingerprint density at radius 1 is 1.06 bits per heavy atom. The zero-order valence-corrected chi connectivity index (χ0v) is 19.9. The number of nitrogens with one attached hydrogen (secondary N) is 1. The van der Waals surface area contributed by atoms with Gasteiger partial charge in [0.2, 0.25) is 11.9 Å². The van der Waals surface area contributed by atoms with Crippen molar-refractivity contribution in [1.29, 1.82) is 0 Å². The van der Waals surface area contributed by atoms with E-state index in [9.17, 15) is 4.79 Å². The zero-order chi connectivity index (χ0) is 22.1. The van der Waals surface area contributed by atoms with E-state index in [1.165, 1.54) is 12.1 Å². The molecule has 1 amide bonds. The van der Waals surface area contributed by atoms with Crippen molar-refractivity contribution in [2.45, 2.75) is 69.2 Å². The van der Waals surface area contributed by atoms with Crippen LogP contribution in [-0.2, 0) is 10.2 Å². The number of aryl methyl sites for hydroxylation is 1. The number of carbonyl (C=O) groups excluding carboxylic acids is 1. The largest absolute Gasteiger partial charge is 0.324 e. The predicted molar refractivity (Wildman–Crippen MR) is 128 cm³/mol. The average molecular weight is 445 g/mol. The molecule has 1 N–H and O–H groups in total. The van der Waals surface area contributed by atoms with Crippen molar-refractivity contribution < 1.29 is 4.79 Å². The molecular weight excluding hydrogens is 416 g/mol. The van der Waals surface area contributed by atoms with Crippen molar-refractivity contribution in [2.75, 3.05) is 10.2 Å². The van der Waals surface area contributed by atoms with Crippen LogP contribution in [0.3, 0.4) is 0 Å². The van der Waals surface area contributed by atoms with Crippen LogP contribution in [0.1, 0.15) is 36.8 Å². The van der Waals surface area contributed by atoms with Gasteiger partial charge in [-0.05, 0) is 37.5 Å². The number of hydrogen-bond donors (Lipinski definition) is 1. The lowest BCUT2D eigenvalue weighted by molar-refractivity contribution is -0.120. The van der Waals surface area contributed by atoms with Crippen LogP contribution in [0.25, 0.3) is 11.0 Å². The number of nitrogens with zero attached hydrogens (tertiary/aromatic N) is 5. The van der Waals surface area contributed by atoms with E-state index in [-0.39, 0.29) is 17.4 Å². The van der Waals surface area contributed by atoms with Crippen LogP contribution in [0.4, 0.5) is 17.5 Å². The molecule has 8 heteroatoms. The Morgan fingerprint density at radius 2 is 1.75 bits per heavy atom. The number of fused-ring (bicyclic) bond motifs is 3. The molecule has 3 aliphatic rings. The number of amides is 1. The number of rotatable bonds is 3. The maximum Gasteiger partial charge on any atom is 0.239 e. The van der Waals surface area contributed by atoms with Gasteiger partial charge in [0.05, 0.1) is 16.4 Å². The summed E-state index contributed by atoms with van der Waals surface area (Å²) in [6.45, 7) is 6.96. The molecule has 2 aromatic heterocycles. The van der Waals surface area contributed by atoms with Crippen molar-refractivity contribution in [2.24, 2.45) is 0 Å². The van der Waals surface area contributed by atoms with Crippen molar-refractivity contribution >= 4 is 42.5 Å². The first-order chi connectivity index (χ1) is 15.4. The van der Waals surface area contributed by atoms with Gasteiger partial charge in [-0.1, -0.05) is 12.8 Å². The van der Waals surface area contributed by atoms with Crippen LogP contribution in [0.5, 0.6) is 0 Å². The normalized spacial score (nSPS) is 21.2. The maximum absolute atomic E-state index is 13.5. The third kappa shape index (κ3) is 3.03. The molecule has 1 spiro atoms. The number of anilines is 3. The molecule has 0 bridgehead atoms. The minimum Gasteiger partial charge on any atom is -0.324 e. The fourth-order valence-corrected chi connectivity index (χ4v) is 7.84. The second-order valence-electron chi connectivity index (χ2n) is 10.4. The summed E-state index contributed by atoms with van der Waals surface area (Å²) < 4.78 is 0. The second kappa shape index (κ2) is 6.81. The minimum atomic E-state index is -1.10. The summed E-state index contributed by atoms with van der Waals surface area (Å²) in [6, 6.07) is 6.81. The van der Waals surface area contributed by atoms with Gasteiger partial charge in [0.25, 0.3) is 0 Å². The van der Waals surface area contributed by atoms with Gasteiger partial charge < -0.3 is 5.32 Å². The van der Waals surface area contributed by atoms with Gasteiger partial charge >= 0.3 is 0 Å². The highest BCUT2D eigenvalue weighted by molar-refractivity contribution is 6.77. The summed E-state index contributed by atoms with van der Waals surface area (Å²) in [5.74, 6) is 1.60. The van der Waals surface area contributed by atoms with E-state index < -0.39 is 8.07 Å². The molecule has 165 valence electrons. The predicted octanol–water partition coefficient (Wildman–Crippen LogP) is 4.72. The highest BCUT2D eigenvalue weighted by Crippen LogP contribution is 2.58. The molecule has 2 fully saturated rings. The molecule has 0 unspecified atom stereocenters. The first kappa shape index (κ1) is 19.8. The zero-order valence-electron chi connectivity index (χ0n) is 18.9. The first-order valence-electron chi connectivity index (χ1n) is 11.6. The third-order valence-corrected chi connectivity index (χ3v) is 10.9.